The average molecular weight is 268 g/mol. The third kappa shape index (κ3) is 2.77. The first-order valence-electron chi connectivity index (χ1n) is 7.37. The van der Waals surface area contributed by atoms with Crippen molar-refractivity contribution in [3.63, 3.8) is 0 Å². The lowest BCUT2D eigenvalue weighted by Crippen LogP contribution is -2.39. The highest BCUT2D eigenvalue weighted by atomic mass is 16.6. The van der Waals surface area contributed by atoms with Crippen molar-refractivity contribution in [1.82, 2.24) is 0 Å². The first-order chi connectivity index (χ1) is 8.91. The summed E-state index contributed by atoms with van der Waals surface area (Å²) in [5.41, 5.74) is -1.46. The molecule has 1 aliphatic carbocycles. The minimum absolute atomic E-state index is 0.174. The largest absolute Gasteiger partial charge is 0.456 e. The van der Waals surface area contributed by atoms with Gasteiger partial charge in [-0.3, -0.25) is 4.79 Å². The van der Waals surface area contributed by atoms with E-state index in [2.05, 4.69) is 0 Å². The van der Waals surface area contributed by atoms with Crippen LogP contribution in [0.3, 0.4) is 0 Å². The molecule has 0 aromatic carbocycles. The second-order valence-corrected chi connectivity index (χ2v) is 6.27. The van der Waals surface area contributed by atoms with Crippen LogP contribution in [-0.2, 0) is 19.1 Å². The Morgan fingerprint density at radius 2 is 2.00 bits per heavy atom. The van der Waals surface area contributed by atoms with Gasteiger partial charge in [-0.25, -0.2) is 4.79 Å². The van der Waals surface area contributed by atoms with Crippen LogP contribution in [-0.4, -0.2) is 23.1 Å². The molecule has 19 heavy (non-hydrogen) atoms. The van der Waals surface area contributed by atoms with E-state index in [0.717, 1.165) is 32.1 Å². The van der Waals surface area contributed by atoms with Crippen molar-refractivity contribution in [2.45, 2.75) is 76.9 Å². The third-order valence-corrected chi connectivity index (χ3v) is 4.51. The molecule has 0 N–H and O–H groups in total. The van der Waals surface area contributed by atoms with Crippen molar-refractivity contribution in [2.24, 2.45) is 5.92 Å². The Labute approximate surface area is 114 Å². The van der Waals surface area contributed by atoms with E-state index in [1.54, 1.807) is 6.92 Å². The molecule has 1 heterocycles. The third-order valence-electron chi connectivity index (χ3n) is 4.51. The molecule has 4 nitrogen and oxygen atoms in total. The molecule has 0 aromatic rings. The summed E-state index contributed by atoms with van der Waals surface area (Å²) in [5.74, 6) is -0.839. The van der Waals surface area contributed by atoms with Gasteiger partial charge in [-0.05, 0) is 39.0 Å². The van der Waals surface area contributed by atoms with E-state index in [0.29, 0.717) is 6.42 Å². The van der Waals surface area contributed by atoms with Crippen LogP contribution in [0.5, 0.6) is 0 Å². The molecule has 4 heteroatoms. The van der Waals surface area contributed by atoms with Crippen LogP contribution >= 0.6 is 0 Å². The summed E-state index contributed by atoms with van der Waals surface area (Å²) in [5, 5.41) is 0. The van der Waals surface area contributed by atoms with Gasteiger partial charge in [-0.15, -0.1) is 0 Å². The van der Waals surface area contributed by atoms with E-state index in [-0.39, 0.29) is 23.5 Å². The fraction of sp³-hybridized carbons (Fsp3) is 0.867. The van der Waals surface area contributed by atoms with Crippen LogP contribution in [0, 0.1) is 5.92 Å². The molecular weight excluding hydrogens is 244 g/mol. The van der Waals surface area contributed by atoms with Crippen LogP contribution in [0.1, 0.15) is 65.7 Å². The molecule has 2 aliphatic rings. The molecule has 0 bridgehead atoms. The van der Waals surface area contributed by atoms with Crippen LogP contribution < -0.4 is 0 Å². The molecule has 1 spiro atoms. The highest BCUT2D eigenvalue weighted by Gasteiger charge is 2.56. The Bertz CT molecular complexity index is 370. The summed E-state index contributed by atoms with van der Waals surface area (Å²) in [6.07, 6.45) is 6.40. The molecule has 108 valence electrons. The molecule has 0 amide bonds. The van der Waals surface area contributed by atoms with Crippen LogP contribution in [0.25, 0.3) is 0 Å². The first-order valence-corrected chi connectivity index (χ1v) is 7.37. The van der Waals surface area contributed by atoms with Gasteiger partial charge in [0.1, 0.15) is 5.60 Å². The lowest BCUT2D eigenvalue weighted by Gasteiger charge is -2.32. The molecule has 0 aromatic heterocycles. The molecule has 2 fully saturated rings. The van der Waals surface area contributed by atoms with Crippen molar-refractivity contribution in [2.75, 3.05) is 0 Å². The maximum atomic E-state index is 12.1. The molecule has 1 saturated heterocycles. The van der Waals surface area contributed by atoms with Crippen molar-refractivity contribution in [3.8, 4) is 0 Å². The zero-order chi connectivity index (χ0) is 14.1. The predicted molar refractivity (Wildman–Crippen MR) is 70.5 cm³/mol. The predicted octanol–water partition coefficient (Wildman–Crippen LogP) is 2.98. The minimum Gasteiger partial charge on any atom is -0.456 e. The number of carbonyl (C=O) groups excluding carboxylic acids is 2. The molecule has 0 radical (unpaired) electrons. The number of rotatable bonds is 3. The van der Waals surface area contributed by atoms with E-state index in [1.807, 2.05) is 13.8 Å². The highest BCUT2D eigenvalue weighted by Crippen LogP contribution is 2.45. The van der Waals surface area contributed by atoms with Gasteiger partial charge in [0.05, 0.1) is 5.92 Å². The number of hydrogen-bond donors (Lipinski definition) is 0. The van der Waals surface area contributed by atoms with E-state index < -0.39 is 5.60 Å². The van der Waals surface area contributed by atoms with E-state index in [4.69, 9.17) is 9.47 Å². The lowest BCUT2D eigenvalue weighted by molar-refractivity contribution is -0.175. The number of carbonyl (C=O) groups is 2. The SMILES string of the molecule is CCC(C)C(=O)OC1(C)CC2(CCCCC2)OC1=O. The van der Waals surface area contributed by atoms with Gasteiger partial charge < -0.3 is 9.47 Å². The van der Waals surface area contributed by atoms with Crippen molar-refractivity contribution < 1.29 is 19.1 Å². The number of ether oxygens (including phenoxy) is 2. The van der Waals surface area contributed by atoms with Gasteiger partial charge in [0.2, 0.25) is 5.60 Å². The van der Waals surface area contributed by atoms with Crippen LogP contribution in [0.4, 0.5) is 0 Å². The second-order valence-electron chi connectivity index (χ2n) is 6.27. The zero-order valence-corrected chi connectivity index (χ0v) is 12.2. The van der Waals surface area contributed by atoms with E-state index >= 15 is 0 Å². The molecule has 2 atom stereocenters. The lowest BCUT2D eigenvalue weighted by atomic mass is 9.80. The molecular formula is C15H24O4. The second kappa shape index (κ2) is 5.14. The quantitative estimate of drug-likeness (QED) is 0.738. The topological polar surface area (TPSA) is 52.6 Å². The van der Waals surface area contributed by atoms with E-state index in [9.17, 15) is 9.59 Å². The van der Waals surface area contributed by atoms with Gasteiger partial charge in [0.25, 0.3) is 0 Å². The molecule has 1 saturated carbocycles. The van der Waals surface area contributed by atoms with Gasteiger partial charge in [-0.1, -0.05) is 20.3 Å². The van der Waals surface area contributed by atoms with Crippen LogP contribution in [0.2, 0.25) is 0 Å². The Balaban J connectivity index is 2.07. The maximum Gasteiger partial charge on any atom is 0.351 e. The zero-order valence-electron chi connectivity index (χ0n) is 12.2. The minimum atomic E-state index is -1.09. The fourth-order valence-electron chi connectivity index (χ4n) is 3.07. The first kappa shape index (κ1) is 14.4. The van der Waals surface area contributed by atoms with Gasteiger partial charge in [0.15, 0.2) is 0 Å². The summed E-state index contributed by atoms with van der Waals surface area (Å²) < 4.78 is 11.1. The summed E-state index contributed by atoms with van der Waals surface area (Å²) in [4.78, 5) is 24.0. The monoisotopic (exact) mass is 268 g/mol. The van der Waals surface area contributed by atoms with Crippen LogP contribution in [0.15, 0.2) is 0 Å². The molecule has 2 unspecified atom stereocenters. The van der Waals surface area contributed by atoms with E-state index in [1.165, 1.54) is 6.42 Å². The van der Waals surface area contributed by atoms with Gasteiger partial charge in [0, 0.05) is 6.42 Å². The van der Waals surface area contributed by atoms with Crippen molar-refractivity contribution >= 4 is 11.9 Å². The number of esters is 2. The summed E-state index contributed by atoms with van der Waals surface area (Å²) in [7, 11) is 0. The smallest absolute Gasteiger partial charge is 0.351 e. The number of hydrogen-bond acceptors (Lipinski definition) is 4. The maximum absolute atomic E-state index is 12.1. The summed E-state index contributed by atoms with van der Waals surface area (Å²) in [6, 6.07) is 0. The molecule has 2 rings (SSSR count). The average Bonchev–Trinajstić information content (AvgIpc) is 2.60. The Morgan fingerprint density at radius 3 is 2.58 bits per heavy atom. The van der Waals surface area contributed by atoms with Crippen molar-refractivity contribution in [3.05, 3.63) is 0 Å². The summed E-state index contributed by atoms with van der Waals surface area (Å²) in [6.45, 7) is 5.45. The Morgan fingerprint density at radius 1 is 1.37 bits per heavy atom. The Kier molecular flexibility index (Phi) is 3.88. The normalized spacial score (nSPS) is 31.0. The standard InChI is InChI=1S/C15H24O4/c1-4-11(2)12(16)18-14(3)10-15(19-13(14)17)8-6-5-7-9-15/h11H,4-10H2,1-3H3. The van der Waals surface area contributed by atoms with Gasteiger partial charge >= 0.3 is 11.9 Å². The fourth-order valence-corrected chi connectivity index (χ4v) is 3.07. The highest BCUT2D eigenvalue weighted by molar-refractivity contribution is 5.85. The molecule has 1 aliphatic heterocycles. The van der Waals surface area contributed by atoms with Crippen molar-refractivity contribution in [1.29, 1.82) is 0 Å². The van der Waals surface area contributed by atoms with Gasteiger partial charge in [-0.2, -0.15) is 0 Å². The Hall–Kier alpha value is -1.06. The summed E-state index contributed by atoms with van der Waals surface area (Å²) >= 11 is 0.